The molecule has 150 valence electrons. The summed E-state index contributed by atoms with van der Waals surface area (Å²) in [6.07, 6.45) is 0.786. The van der Waals surface area contributed by atoms with Crippen molar-refractivity contribution in [3.05, 3.63) is 53.1 Å². The van der Waals surface area contributed by atoms with Gasteiger partial charge in [0.15, 0.2) is 11.5 Å². The van der Waals surface area contributed by atoms with E-state index < -0.39 is 10.0 Å². The van der Waals surface area contributed by atoms with Gasteiger partial charge in [0.25, 0.3) is 0 Å². The van der Waals surface area contributed by atoms with Gasteiger partial charge in [0, 0.05) is 23.1 Å². The number of nitrogens with one attached hydrogen (secondary N) is 1. The topological polar surface area (TPSA) is 60.3 Å². The van der Waals surface area contributed by atoms with Crippen LogP contribution in [0.5, 0.6) is 11.5 Å². The van der Waals surface area contributed by atoms with Gasteiger partial charge in [0.1, 0.15) is 6.54 Å². The van der Waals surface area contributed by atoms with Crippen molar-refractivity contribution < 1.29 is 22.8 Å². The molecular weight excluding hydrogens is 400 g/mol. The van der Waals surface area contributed by atoms with Gasteiger partial charge in [0.05, 0.1) is 44.3 Å². The van der Waals surface area contributed by atoms with E-state index in [0.29, 0.717) is 37.8 Å². The molecule has 2 aromatic rings. The zero-order chi connectivity index (χ0) is 19.6. The molecule has 0 radical (unpaired) electrons. The van der Waals surface area contributed by atoms with Crippen LogP contribution in [-0.2, 0) is 16.6 Å². The molecule has 1 fully saturated rings. The fourth-order valence-corrected chi connectivity index (χ4v) is 5.28. The third kappa shape index (κ3) is 4.27. The van der Waals surface area contributed by atoms with E-state index in [1.54, 1.807) is 22.5 Å². The van der Waals surface area contributed by atoms with Crippen LogP contribution in [0.15, 0.2) is 47.4 Å². The fourth-order valence-electron chi connectivity index (χ4n) is 3.61. The van der Waals surface area contributed by atoms with Gasteiger partial charge in [-0.1, -0.05) is 23.7 Å². The van der Waals surface area contributed by atoms with E-state index in [2.05, 4.69) is 6.07 Å². The Balaban J connectivity index is 1.43. The van der Waals surface area contributed by atoms with Crippen LogP contribution >= 0.6 is 11.6 Å². The highest BCUT2D eigenvalue weighted by Crippen LogP contribution is 2.32. The molecule has 28 heavy (non-hydrogen) atoms. The molecule has 2 aliphatic heterocycles. The lowest BCUT2D eigenvalue weighted by molar-refractivity contribution is -0.917. The molecule has 0 unspecified atom stereocenters. The molecule has 2 heterocycles. The van der Waals surface area contributed by atoms with Crippen molar-refractivity contribution in [2.24, 2.45) is 0 Å². The van der Waals surface area contributed by atoms with Gasteiger partial charge >= 0.3 is 0 Å². The van der Waals surface area contributed by atoms with Crippen LogP contribution < -0.4 is 14.4 Å². The minimum atomic E-state index is -3.55. The van der Waals surface area contributed by atoms with Crippen LogP contribution in [0.1, 0.15) is 12.0 Å². The Morgan fingerprint density at radius 3 is 2.50 bits per heavy atom. The molecule has 0 atom stereocenters. The lowest BCUT2D eigenvalue weighted by Gasteiger charge is -2.31. The second-order valence-electron chi connectivity index (χ2n) is 7.12. The first kappa shape index (κ1) is 19.5. The smallest absolute Gasteiger partial charge is 0.243 e. The lowest BCUT2D eigenvalue weighted by Crippen LogP contribution is -3.13. The van der Waals surface area contributed by atoms with Crippen LogP contribution in [0.4, 0.5) is 0 Å². The van der Waals surface area contributed by atoms with Gasteiger partial charge < -0.3 is 14.4 Å². The summed E-state index contributed by atoms with van der Waals surface area (Å²) < 4.78 is 38.9. The quantitative estimate of drug-likeness (QED) is 0.811. The monoisotopic (exact) mass is 423 g/mol. The number of halogens is 1. The predicted molar refractivity (Wildman–Crippen MR) is 107 cm³/mol. The SMILES string of the molecule is O=S(=O)(c1ccc2c(c1)OCCCO2)N1CC[NH+](Cc2cccc(Cl)c2)CC1. The summed E-state index contributed by atoms with van der Waals surface area (Å²) in [7, 11) is -3.55. The zero-order valence-electron chi connectivity index (χ0n) is 15.6. The number of rotatable bonds is 4. The number of hydrogen-bond donors (Lipinski definition) is 1. The minimum Gasteiger partial charge on any atom is -0.490 e. The fraction of sp³-hybridized carbons (Fsp3) is 0.400. The number of nitrogens with zero attached hydrogens (tertiary/aromatic N) is 1. The maximum absolute atomic E-state index is 13.1. The van der Waals surface area contributed by atoms with Crippen LogP contribution in [0.2, 0.25) is 5.02 Å². The van der Waals surface area contributed by atoms with E-state index in [-0.39, 0.29) is 4.90 Å². The number of hydrogen-bond acceptors (Lipinski definition) is 4. The van der Waals surface area contributed by atoms with Gasteiger partial charge in [-0.3, -0.25) is 0 Å². The highest BCUT2D eigenvalue weighted by atomic mass is 35.5. The molecule has 1 N–H and O–H groups in total. The van der Waals surface area contributed by atoms with E-state index in [1.165, 1.54) is 10.5 Å². The number of sulfonamides is 1. The summed E-state index contributed by atoms with van der Waals surface area (Å²) in [6.45, 7) is 4.46. The summed E-state index contributed by atoms with van der Waals surface area (Å²) in [6, 6.07) is 12.7. The van der Waals surface area contributed by atoms with E-state index in [9.17, 15) is 8.42 Å². The Kier molecular flexibility index (Phi) is 5.78. The lowest BCUT2D eigenvalue weighted by atomic mass is 10.2. The first-order valence-corrected chi connectivity index (χ1v) is 11.3. The molecule has 0 aromatic heterocycles. The maximum atomic E-state index is 13.1. The third-order valence-electron chi connectivity index (χ3n) is 5.13. The van der Waals surface area contributed by atoms with Gasteiger partial charge in [0.2, 0.25) is 10.0 Å². The number of fused-ring (bicyclic) bond motifs is 1. The highest BCUT2D eigenvalue weighted by molar-refractivity contribution is 7.89. The number of benzene rings is 2. The summed E-state index contributed by atoms with van der Waals surface area (Å²) in [5, 5.41) is 0.729. The summed E-state index contributed by atoms with van der Waals surface area (Å²) >= 11 is 6.06. The zero-order valence-corrected chi connectivity index (χ0v) is 17.1. The molecule has 0 spiro atoms. The van der Waals surface area contributed by atoms with Gasteiger partial charge in [-0.05, 0) is 24.3 Å². The molecule has 0 saturated carbocycles. The second kappa shape index (κ2) is 8.29. The van der Waals surface area contributed by atoms with E-state index >= 15 is 0 Å². The molecule has 2 aliphatic rings. The van der Waals surface area contributed by atoms with Crippen LogP contribution in [-0.4, -0.2) is 52.1 Å². The van der Waals surface area contributed by atoms with Gasteiger partial charge in [-0.25, -0.2) is 8.42 Å². The molecular formula is C20H24ClN2O4S+. The maximum Gasteiger partial charge on any atom is 0.243 e. The summed E-state index contributed by atoms with van der Waals surface area (Å²) in [5.74, 6) is 1.11. The first-order valence-electron chi connectivity index (χ1n) is 9.50. The largest absolute Gasteiger partial charge is 0.490 e. The molecule has 8 heteroatoms. The molecule has 6 nitrogen and oxygen atoms in total. The Bertz CT molecular complexity index is 943. The Morgan fingerprint density at radius 2 is 1.75 bits per heavy atom. The molecule has 4 rings (SSSR count). The van der Waals surface area contributed by atoms with Crippen molar-refractivity contribution in [1.29, 1.82) is 0 Å². The van der Waals surface area contributed by atoms with Crippen molar-refractivity contribution in [2.45, 2.75) is 17.9 Å². The van der Waals surface area contributed by atoms with Crippen LogP contribution in [0.3, 0.4) is 0 Å². The van der Waals surface area contributed by atoms with E-state index in [1.807, 2.05) is 18.2 Å². The summed E-state index contributed by atoms with van der Waals surface area (Å²) in [5.41, 5.74) is 1.17. The van der Waals surface area contributed by atoms with Crippen molar-refractivity contribution in [3.63, 3.8) is 0 Å². The van der Waals surface area contributed by atoms with Crippen molar-refractivity contribution in [1.82, 2.24) is 4.31 Å². The Morgan fingerprint density at radius 1 is 1.00 bits per heavy atom. The average Bonchev–Trinajstić information content (AvgIpc) is 2.93. The highest BCUT2D eigenvalue weighted by Gasteiger charge is 2.31. The summed E-state index contributed by atoms with van der Waals surface area (Å²) in [4.78, 5) is 1.61. The normalized spacial score (nSPS) is 18.6. The average molecular weight is 424 g/mol. The Labute approximate surface area is 170 Å². The number of ether oxygens (including phenoxy) is 2. The van der Waals surface area contributed by atoms with E-state index in [4.69, 9.17) is 21.1 Å². The number of quaternary nitrogens is 1. The van der Waals surface area contributed by atoms with Crippen molar-refractivity contribution in [2.75, 3.05) is 39.4 Å². The number of piperazine rings is 1. The Hall–Kier alpha value is -1.80. The predicted octanol–water partition coefficient (Wildman–Crippen LogP) is 1.59. The first-order chi connectivity index (χ1) is 13.5. The van der Waals surface area contributed by atoms with Crippen molar-refractivity contribution >= 4 is 21.6 Å². The minimum absolute atomic E-state index is 0.259. The molecule has 1 saturated heterocycles. The molecule has 0 amide bonds. The van der Waals surface area contributed by atoms with Gasteiger partial charge in [-0.15, -0.1) is 0 Å². The van der Waals surface area contributed by atoms with E-state index in [0.717, 1.165) is 31.1 Å². The second-order valence-corrected chi connectivity index (χ2v) is 9.49. The standard InChI is InChI=1S/C20H23ClN2O4S/c21-17-4-1-3-16(13-17)15-22-7-9-23(10-8-22)28(24,25)18-5-6-19-20(14-18)27-12-2-11-26-19/h1,3-6,13-14H,2,7-12,15H2/p+1. The van der Waals surface area contributed by atoms with Crippen molar-refractivity contribution in [3.8, 4) is 11.5 Å². The molecule has 2 aromatic carbocycles. The van der Waals surface area contributed by atoms with Crippen LogP contribution in [0.25, 0.3) is 0 Å². The molecule has 0 aliphatic carbocycles. The van der Waals surface area contributed by atoms with Gasteiger partial charge in [-0.2, -0.15) is 4.31 Å². The van der Waals surface area contributed by atoms with Crippen LogP contribution in [0, 0.1) is 0 Å². The third-order valence-corrected chi connectivity index (χ3v) is 7.26. The molecule has 0 bridgehead atoms.